The fraction of sp³-hybridized carbons (Fsp3) is 0.312. The lowest BCUT2D eigenvalue weighted by Gasteiger charge is -1.96. The lowest BCUT2D eigenvalue weighted by molar-refractivity contribution is -0.143. The molecule has 20 heavy (non-hydrogen) atoms. The van der Waals surface area contributed by atoms with Crippen LogP contribution in [0.1, 0.15) is 42.1 Å². The molecule has 0 spiro atoms. The van der Waals surface area contributed by atoms with Crippen LogP contribution < -0.4 is 0 Å². The first-order valence-corrected chi connectivity index (χ1v) is 6.21. The molecular formula is C16H16O4. The van der Waals surface area contributed by atoms with E-state index in [9.17, 15) is 14.4 Å². The molecule has 0 heterocycles. The smallest absolute Gasteiger partial charge is 0.313 e. The molecule has 1 aromatic rings. The molecule has 0 fully saturated rings. The van der Waals surface area contributed by atoms with Crippen LogP contribution in [0, 0.1) is 11.8 Å². The van der Waals surface area contributed by atoms with Crippen LogP contribution in [0.4, 0.5) is 0 Å². The number of rotatable bonds is 5. The fourth-order valence-corrected chi connectivity index (χ4v) is 1.48. The van der Waals surface area contributed by atoms with Gasteiger partial charge in [0.05, 0.1) is 7.11 Å². The Morgan fingerprint density at radius 3 is 2.35 bits per heavy atom. The Morgan fingerprint density at radius 1 is 1.15 bits per heavy atom. The summed E-state index contributed by atoms with van der Waals surface area (Å²) < 4.78 is 4.40. The van der Waals surface area contributed by atoms with E-state index < -0.39 is 5.97 Å². The van der Waals surface area contributed by atoms with Crippen LogP contribution in [0.2, 0.25) is 0 Å². The van der Waals surface area contributed by atoms with Gasteiger partial charge in [0.25, 0.3) is 0 Å². The van der Waals surface area contributed by atoms with E-state index in [-0.39, 0.29) is 24.4 Å². The highest BCUT2D eigenvalue weighted by atomic mass is 16.5. The summed E-state index contributed by atoms with van der Waals surface area (Å²) in [5.74, 6) is 5.07. The maximum Gasteiger partial charge on any atom is 0.313 e. The van der Waals surface area contributed by atoms with Crippen molar-refractivity contribution in [2.75, 3.05) is 7.11 Å². The molecule has 0 unspecified atom stereocenters. The van der Waals surface area contributed by atoms with Crippen LogP contribution in [0.25, 0.3) is 0 Å². The maximum atomic E-state index is 11.3. The number of ether oxygens (including phenoxy) is 1. The highest BCUT2D eigenvalue weighted by molar-refractivity contribution is 5.95. The predicted molar refractivity (Wildman–Crippen MR) is 74.2 cm³/mol. The molecule has 1 rings (SSSR count). The van der Waals surface area contributed by atoms with E-state index >= 15 is 0 Å². The van der Waals surface area contributed by atoms with Gasteiger partial charge in [-0.15, -0.1) is 0 Å². The number of esters is 1. The summed E-state index contributed by atoms with van der Waals surface area (Å²) >= 11 is 0. The number of carbonyl (C=O) groups excluding carboxylic acids is 3. The van der Waals surface area contributed by atoms with Crippen molar-refractivity contribution in [1.82, 2.24) is 0 Å². The average Bonchev–Trinajstić information content (AvgIpc) is 2.44. The van der Waals surface area contributed by atoms with Gasteiger partial charge in [-0.05, 0) is 19.1 Å². The Kier molecular flexibility index (Phi) is 6.18. The minimum Gasteiger partial charge on any atom is -0.469 e. The van der Waals surface area contributed by atoms with Gasteiger partial charge in [-0.1, -0.05) is 24.0 Å². The third kappa shape index (κ3) is 5.49. The summed E-state index contributed by atoms with van der Waals surface area (Å²) in [4.78, 5) is 33.3. The second kappa shape index (κ2) is 7.90. The molecule has 0 amide bonds. The van der Waals surface area contributed by atoms with Gasteiger partial charge in [0.1, 0.15) is 12.2 Å². The number of methoxy groups -OCH3 is 1. The first-order valence-electron chi connectivity index (χ1n) is 6.21. The molecule has 4 heteroatoms. The lowest BCUT2D eigenvalue weighted by Crippen LogP contribution is -2.08. The molecule has 1 aromatic carbocycles. The van der Waals surface area contributed by atoms with Gasteiger partial charge in [-0.3, -0.25) is 14.4 Å². The Bertz CT molecular complexity index is 558. The number of benzene rings is 1. The summed E-state index contributed by atoms with van der Waals surface area (Å²) in [6.45, 7) is 1.51. The topological polar surface area (TPSA) is 60.4 Å². The third-order valence-electron chi connectivity index (χ3n) is 2.62. The van der Waals surface area contributed by atoms with Gasteiger partial charge in [0, 0.05) is 24.0 Å². The number of ketones is 2. The summed E-state index contributed by atoms with van der Waals surface area (Å²) in [5.41, 5.74) is 1.43. The van der Waals surface area contributed by atoms with Gasteiger partial charge >= 0.3 is 5.97 Å². The molecule has 0 atom stereocenters. The van der Waals surface area contributed by atoms with E-state index in [1.165, 1.54) is 14.0 Å². The molecule has 104 valence electrons. The van der Waals surface area contributed by atoms with Gasteiger partial charge < -0.3 is 4.74 Å². The first-order chi connectivity index (χ1) is 9.52. The monoisotopic (exact) mass is 272 g/mol. The average molecular weight is 272 g/mol. The molecule has 0 saturated carbocycles. The van der Waals surface area contributed by atoms with Gasteiger partial charge in [-0.25, -0.2) is 0 Å². The standard InChI is InChI=1S/C16H16O4/c1-12(17)14-9-7-13(8-10-14)5-3-4-6-15(18)11-16(19)20-2/h7-10H,4,6,11H2,1-2H3. The molecule has 0 aliphatic heterocycles. The SMILES string of the molecule is COC(=O)CC(=O)CCC#Cc1ccc(C(C)=O)cc1. The van der Waals surface area contributed by atoms with Crippen molar-refractivity contribution in [3.05, 3.63) is 35.4 Å². The summed E-state index contributed by atoms with van der Waals surface area (Å²) in [7, 11) is 1.25. The molecule has 0 bridgehead atoms. The van der Waals surface area contributed by atoms with Gasteiger partial charge in [0.15, 0.2) is 5.78 Å². The summed E-state index contributed by atoms with van der Waals surface area (Å²) in [6.07, 6.45) is 0.420. The predicted octanol–water partition coefficient (Wildman–Crippen LogP) is 2.15. The zero-order chi connectivity index (χ0) is 15.0. The molecular weight excluding hydrogens is 256 g/mol. The van der Waals surface area contributed by atoms with Crippen molar-refractivity contribution in [2.45, 2.75) is 26.2 Å². The van der Waals surface area contributed by atoms with Gasteiger partial charge in [-0.2, -0.15) is 0 Å². The number of Topliss-reactive ketones (excluding diaryl/α,β-unsaturated/α-hetero) is 2. The largest absolute Gasteiger partial charge is 0.469 e. The number of hydrogen-bond donors (Lipinski definition) is 0. The van der Waals surface area contributed by atoms with Gasteiger partial charge in [0.2, 0.25) is 0 Å². The van der Waals surface area contributed by atoms with Crippen molar-refractivity contribution in [3.8, 4) is 11.8 Å². The second-order valence-electron chi connectivity index (χ2n) is 4.23. The normalized spacial score (nSPS) is 9.30. The summed E-state index contributed by atoms with van der Waals surface area (Å²) in [5, 5.41) is 0. The van der Waals surface area contributed by atoms with E-state index in [0.29, 0.717) is 12.0 Å². The second-order valence-corrected chi connectivity index (χ2v) is 4.23. The van der Waals surface area contributed by atoms with Crippen LogP contribution in [0.5, 0.6) is 0 Å². The highest BCUT2D eigenvalue weighted by Gasteiger charge is 2.07. The first kappa shape index (κ1) is 15.6. The number of hydrogen-bond acceptors (Lipinski definition) is 4. The Hall–Kier alpha value is -2.41. The molecule has 0 aliphatic carbocycles. The van der Waals surface area contributed by atoms with E-state index in [2.05, 4.69) is 16.6 Å². The quantitative estimate of drug-likeness (QED) is 0.356. The van der Waals surface area contributed by atoms with E-state index in [4.69, 9.17) is 0 Å². The minimum absolute atomic E-state index is 0.0120. The molecule has 0 aliphatic rings. The van der Waals surface area contributed by atoms with Crippen molar-refractivity contribution in [2.24, 2.45) is 0 Å². The summed E-state index contributed by atoms with van der Waals surface area (Å²) in [6, 6.07) is 6.96. The minimum atomic E-state index is -0.525. The molecule has 0 radical (unpaired) electrons. The van der Waals surface area contributed by atoms with E-state index in [1.807, 2.05) is 0 Å². The molecule has 0 N–H and O–H groups in total. The van der Waals surface area contributed by atoms with Crippen LogP contribution in [-0.2, 0) is 14.3 Å². The van der Waals surface area contributed by atoms with Crippen molar-refractivity contribution >= 4 is 17.5 Å². The zero-order valence-corrected chi connectivity index (χ0v) is 11.6. The van der Waals surface area contributed by atoms with Crippen LogP contribution in [-0.4, -0.2) is 24.6 Å². The van der Waals surface area contributed by atoms with Crippen molar-refractivity contribution in [3.63, 3.8) is 0 Å². The van der Waals surface area contributed by atoms with Crippen LogP contribution >= 0.6 is 0 Å². The van der Waals surface area contributed by atoms with Crippen LogP contribution in [0.3, 0.4) is 0 Å². The maximum absolute atomic E-state index is 11.3. The Labute approximate surface area is 118 Å². The number of carbonyl (C=O) groups is 3. The highest BCUT2D eigenvalue weighted by Crippen LogP contribution is 2.04. The van der Waals surface area contributed by atoms with Crippen molar-refractivity contribution in [1.29, 1.82) is 0 Å². The van der Waals surface area contributed by atoms with E-state index in [0.717, 1.165) is 5.56 Å². The zero-order valence-electron chi connectivity index (χ0n) is 11.6. The Balaban J connectivity index is 2.44. The molecule has 4 nitrogen and oxygen atoms in total. The Morgan fingerprint density at radius 2 is 1.80 bits per heavy atom. The lowest BCUT2D eigenvalue weighted by atomic mass is 10.1. The molecule has 0 aromatic heterocycles. The fourth-order valence-electron chi connectivity index (χ4n) is 1.48. The third-order valence-corrected chi connectivity index (χ3v) is 2.62. The molecule has 0 saturated heterocycles. The van der Waals surface area contributed by atoms with Crippen molar-refractivity contribution < 1.29 is 19.1 Å². The van der Waals surface area contributed by atoms with E-state index in [1.54, 1.807) is 24.3 Å². The van der Waals surface area contributed by atoms with Crippen LogP contribution in [0.15, 0.2) is 24.3 Å².